The molecule has 1 unspecified atom stereocenters. The predicted molar refractivity (Wildman–Crippen MR) is 122 cm³/mol. The lowest BCUT2D eigenvalue weighted by Crippen LogP contribution is -2.40. The fourth-order valence-electron chi connectivity index (χ4n) is 4.34. The molecule has 1 aromatic carbocycles. The standard InChI is InChI=1S/C24H23F3N6O/c25-24(26,27)17-6-7-22(28-16-17)31-13-9-18(10-14-31)32-15-11-21(34)23(30-32)20-8-12-29-33(20)19-4-2-1-3-5-19/h1-8,11-12,15,17-18H,9-10,13-14,16H2. The SMILES string of the molecule is O=c1ccn(C2CCN(C3=NCC(C(F)(F)F)C=C3)CC2)nc1-c1ccnn1-c1ccccc1. The largest absolute Gasteiger partial charge is 0.396 e. The molecule has 5 rings (SSSR count). The fraction of sp³-hybridized carbons (Fsp3) is 0.333. The van der Waals surface area contributed by atoms with Crippen LogP contribution in [-0.2, 0) is 0 Å². The van der Waals surface area contributed by atoms with E-state index >= 15 is 0 Å². The topological polar surface area (TPSA) is 68.3 Å². The molecule has 1 saturated heterocycles. The van der Waals surface area contributed by atoms with E-state index in [0.29, 0.717) is 30.3 Å². The van der Waals surface area contributed by atoms with Crippen molar-refractivity contribution in [1.82, 2.24) is 24.5 Å². The number of rotatable bonds is 3. The first kappa shape index (κ1) is 22.1. The number of benzene rings is 1. The van der Waals surface area contributed by atoms with Crippen LogP contribution in [0, 0.1) is 5.92 Å². The zero-order valence-electron chi connectivity index (χ0n) is 18.3. The van der Waals surface area contributed by atoms with E-state index < -0.39 is 12.1 Å². The van der Waals surface area contributed by atoms with Gasteiger partial charge in [0.1, 0.15) is 5.84 Å². The van der Waals surface area contributed by atoms with E-state index in [1.165, 1.54) is 18.2 Å². The Morgan fingerprint density at radius 1 is 1.00 bits per heavy atom. The molecule has 0 amide bonds. The van der Waals surface area contributed by atoms with E-state index in [1.807, 2.05) is 39.9 Å². The Morgan fingerprint density at radius 2 is 1.76 bits per heavy atom. The van der Waals surface area contributed by atoms with Gasteiger partial charge < -0.3 is 4.90 Å². The highest BCUT2D eigenvalue weighted by Crippen LogP contribution is 2.30. The Bertz CT molecular complexity index is 1270. The van der Waals surface area contributed by atoms with Gasteiger partial charge in [-0.2, -0.15) is 23.4 Å². The minimum Gasteiger partial charge on any atom is -0.357 e. The van der Waals surface area contributed by atoms with Crippen LogP contribution in [-0.4, -0.2) is 56.1 Å². The molecule has 1 fully saturated rings. The lowest BCUT2D eigenvalue weighted by Gasteiger charge is -2.35. The van der Waals surface area contributed by atoms with Gasteiger partial charge in [0.15, 0.2) is 5.69 Å². The van der Waals surface area contributed by atoms with Crippen molar-refractivity contribution in [2.24, 2.45) is 10.9 Å². The van der Waals surface area contributed by atoms with Crippen molar-refractivity contribution < 1.29 is 13.2 Å². The number of halogens is 3. The first-order valence-electron chi connectivity index (χ1n) is 11.1. The lowest BCUT2D eigenvalue weighted by molar-refractivity contribution is -0.158. The second kappa shape index (κ2) is 8.92. The van der Waals surface area contributed by atoms with Crippen LogP contribution in [0.4, 0.5) is 13.2 Å². The van der Waals surface area contributed by atoms with E-state index in [0.717, 1.165) is 18.5 Å². The molecule has 0 aliphatic carbocycles. The van der Waals surface area contributed by atoms with E-state index in [-0.39, 0.29) is 18.0 Å². The molecule has 34 heavy (non-hydrogen) atoms. The van der Waals surface area contributed by atoms with Crippen molar-refractivity contribution in [3.05, 3.63) is 77.2 Å². The molecule has 7 nitrogen and oxygen atoms in total. The van der Waals surface area contributed by atoms with Gasteiger partial charge in [-0.3, -0.25) is 14.5 Å². The molecule has 2 aliphatic heterocycles. The average molecular weight is 468 g/mol. The van der Waals surface area contributed by atoms with Gasteiger partial charge in [0.25, 0.3) is 0 Å². The number of aliphatic imine (C=N–C) groups is 1. The summed E-state index contributed by atoms with van der Waals surface area (Å²) < 4.78 is 42.1. The van der Waals surface area contributed by atoms with Gasteiger partial charge in [-0.05, 0) is 37.1 Å². The molecule has 0 radical (unpaired) electrons. The highest BCUT2D eigenvalue weighted by atomic mass is 19.4. The molecule has 0 saturated carbocycles. The van der Waals surface area contributed by atoms with Crippen molar-refractivity contribution >= 4 is 5.84 Å². The summed E-state index contributed by atoms with van der Waals surface area (Å²) >= 11 is 0. The zero-order chi connectivity index (χ0) is 23.7. The van der Waals surface area contributed by atoms with E-state index in [1.54, 1.807) is 23.1 Å². The summed E-state index contributed by atoms with van der Waals surface area (Å²) in [6.07, 6.45) is 3.22. The van der Waals surface area contributed by atoms with Gasteiger partial charge >= 0.3 is 6.18 Å². The minimum atomic E-state index is -4.26. The molecule has 2 aliphatic rings. The van der Waals surface area contributed by atoms with E-state index in [4.69, 9.17) is 0 Å². The van der Waals surface area contributed by atoms with Crippen LogP contribution in [0.2, 0.25) is 0 Å². The molecule has 1 atom stereocenters. The van der Waals surface area contributed by atoms with Gasteiger partial charge in [0.05, 0.1) is 36.1 Å². The quantitative estimate of drug-likeness (QED) is 0.585. The normalized spacial score (nSPS) is 19.3. The van der Waals surface area contributed by atoms with Crippen LogP contribution in [0.15, 0.2) is 76.8 Å². The summed E-state index contributed by atoms with van der Waals surface area (Å²) in [6.45, 7) is 1.03. The van der Waals surface area contributed by atoms with Gasteiger partial charge in [-0.25, -0.2) is 4.68 Å². The molecular weight excluding hydrogens is 445 g/mol. The Balaban J connectivity index is 1.31. The monoisotopic (exact) mass is 468 g/mol. The summed E-state index contributed by atoms with van der Waals surface area (Å²) in [5.74, 6) is -0.916. The molecule has 0 bridgehead atoms. The van der Waals surface area contributed by atoms with Gasteiger partial charge in [0, 0.05) is 25.4 Å². The van der Waals surface area contributed by atoms with Crippen LogP contribution >= 0.6 is 0 Å². The molecule has 4 heterocycles. The molecular formula is C24H23F3N6O. The zero-order valence-corrected chi connectivity index (χ0v) is 18.3. The Hall–Kier alpha value is -3.69. The van der Waals surface area contributed by atoms with E-state index in [2.05, 4.69) is 15.2 Å². The number of para-hydroxylation sites is 1. The number of likely N-dealkylation sites (tertiary alicyclic amines) is 1. The molecule has 2 aromatic heterocycles. The second-order valence-electron chi connectivity index (χ2n) is 8.40. The number of amidine groups is 1. The molecule has 0 spiro atoms. The van der Waals surface area contributed by atoms with Crippen LogP contribution in [0.3, 0.4) is 0 Å². The predicted octanol–water partition coefficient (Wildman–Crippen LogP) is 3.88. The highest BCUT2D eigenvalue weighted by Gasteiger charge is 2.39. The van der Waals surface area contributed by atoms with Crippen LogP contribution in [0.1, 0.15) is 18.9 Å². The van der Waals surface area contributed by atoms with Crippen molar-refractivity contribution in [2.45, 2.75) is 25.1 Å². The third kappa shape index (κ3) is 4.40. The van der Waals surface area contributed by atoms with Crippen molar-refractivity contribution in [3.8, 4) is 17.1 Å². The summed E-state index contributed by atoms with van der Waals surface area (Å²) in [4.78, 5) is 18.8. The molecule has 10 heteroatoms. The Labute approximate surface area is 193 Å². The van der Waals surface area contributed by atoms with Crippen LogP contribution in [0.25, 0.3) is 17.1 Å². The Kier molecular flexibility index (Phi) is 5.80. The van der Waals surface area contributed by atoms with Gasteiger partial charge in [-0.1, -0.05) is 24.3 Å². The number of hydrogen-bond donors (Lipinski definition) is 0. The highest BCUT2D eigenvalue weighted by molar-refractivity contribution is 5.93. The van der Waals surface area contributed by atoms with E-state index in [9.17, 15) is 18.0 Å². The van der Waals surface area contributed by atoms with Crippen LogP contribution in [0.5, 0.6) is 0 Å². The first-order valence-corrected chi connectivity index (χ1v) is 11.1. The van der Waals surface area contributed by atoms with Crippen molar-refractivity contribution in [1.29, 1.82) is 0 Å². The lowest BCUT2D eigenvalue weighted by atomic mass is 10.0. The van der Waals surface area contributed by atoms with Crippen molar-refractivity contribution in [3.63, 3.8) is 0 Å². The summed E-state index contributed by atoms with van der Waals surface area (Å²) in [6, 6.07) is 12.9. The molecule has 0 N–H and O–H groups in total. The second-order valence-corrected chi connectivity index (χ2v) is 8.40. The number of dihydropyridines is 1. The van der Waals surface area contributed by atoms with Crippen LogP contribution < -0.4 is 5.43 Å². The number of piperidine rings is 1. The average Bonchev–Trinajstić information content (AvgIpc) is 3.34. The van der Waals surface area contributed by atoms with Gasteiger partial charge in [-0.15, -0.1) is 0 Å². The van der Waals surface area contributed by atoms with Crippen molar-refractivity contribution in [2.75, 3.05) is 19.6 Å². The first-order chi connectivity index (χ1) is 16.4. The Morgan fingerprint density at radius 3 is 2.44 bits per heavy atom. The summed E-state index contributed by atoms with van der Waals surface area (Å²) in [5, 5.41) is 9.01. The molecule has 3 aromatic rings. The molecule has 176 valence electrons. The number of alkyl halides is 3. The minimum absolute atomic E-state index is 0.0693. The van der Waals surface area contributed by atoms with Gasteiger partial charge in [0.2, 0.25) is 5.43 Å². The summed E-state index contributed by atoms with van der Waals surface area (Å²) in [7, 11) is 0. The maximum Gasteiger partial charge on any atom is 0.396 e. The third-order valence-electron chi connectivity index (χ3n) is 6.22. The maximum absolute atomic E-state index is 12.9. The fourth-order valence-corrected chi connectivity index (χ4v) is 4.34. The third-order valence-corrected chi connectivity index (χ3v) is 6.22. The number of nitrogens with zero attached hydrogens (tertiary/aromatic N) is 6. The smallest absolute Gasteiger partial charge is 0.357 e. The summed E-state index contributed by atoms with van der Waals surface area (Å²) in [5.41, 5.74) is 1.58. The maximum atomic E-state index is 12.9. The number of aromatic nitrogens is 4. The number of hydrogen-bond acceptors (Lipinski definition) is 5.